The number of carbonyl (C=O) groups excluding carboxylic acids is 2. The van der Waals surface area contributed by atoms with E-state index in [-0.39, 0.29) is 22.8 Å². The van der Waals surface area contributed by atoms with Crippen molar-refractivity contribution in [1.82, 2.24) is 25.0 Å². The Morgan fingerprint density at radius 1 is 1.00 bits per heavy atom. The van der Waals surface area contributed by atoms with Crippen LogP contribution in [0.25, 0.3) is 10.8 Å². The van der Waals surface area contributed by atoms with Crippen LogP contribution in [0.4, 0.5) is 0 Å². The molecule has 4 rings (SSSR count). The summed E-state index contributed by atoms with van der Waals surface area (Å²) < 4.78 is 0. The van der Waals surface area contributed by atoms with Crippen LogP contribution in [-0.4, -0.2) is 63.0 Å². The van der Waals surface area contributed by atoms with Crippen LogP contribution in [0.2, 0.25) is 0 Å². The molecule has 0 bridgehead atoms. The SMILES string of the molecule is CC(C)(C)CC(=O)N1CCCN(C(=O)c2cc(Cc3n[nH]c(=O)c4ccccc34)ccn2)CC1. The van der Waals surface area contributed by atoms with Crippen molar-refractivity contribution in [3.63, 3.8) is 0 Å². The van der Waals surface area contributed by atoms with Gasteiger partial charge in [0.1, 0.15) is 5.69 Å². The average molecular weight is 462 g/mol. The van der Waals surface area contributed by atoms with Crippen LogP contribution in [0.5, 0.6) is 0 Å². The zero-order chi connectivity index (χ0) is 24.3. The van der Waals surface area contributed by atoms with E-state index in [2.05, 4.69) is 36.0 Å². The Hall–Kier alpha value is -3.55. The Morgan fingerprint density at radius 3 is 2.47 bits per heavy atom. The molecule has 178 valence electrons. The maximum atomic E-state index is 13.2. The lowest BCUT2D eigenvalue weighted by Gasteiger charge is -2.25. The Bertz CT molecular complexity index is 1260. The second-order valence-electron chi connectivity index (χ2n) is 10.0. The van der Waals surface area contributed by atoms with Crippen molar-refractivity contribution < 1.29 is 9.59 Å². The Morgan fingerprint density at radius 2 is 1.71 bits per heavy atom. The van der Waals surface area contributed by atoms with Gasteiger partial charge in [-0.1, -0.05) is 39.0 Å². The maximum absolute atomic E-state index is 13.2. The number of benzene rings is 1. The molecule has 0 aliphatic carbocycles. The first kappa shape index (κ1) is 23.6. The van der Waals surface area contributed by atoms with Crippen molar-refractivity contribution in [3.05, 3.63) is 69.9 Å². The summed E-state index contributed by atoms with van der Waals surface area (Å²) in [6.45, 7) is 8.46. The van der Waals surface area contributed by atoms with Crippen molar-refractivity contribution in [2.75, 3.05) is 26.2 Å². The van der Waals surface area contributed by atoms with Gasteiger partial charge in [0.2, 0.25) is 5.91 Å². The van der Waals surface area contributed by atoms with Gasteiger partial charge in [-0.15, -0.1) is 0 Å². The predicted octanol–water partition coefficient (Wildman–Crippen LogP) is 3.02. The molecule has 3 aromatic rings. The minimum absolute atomic E-state index is 0.0603. The van der Waals surface area contributed by atoms with Gasteiger partial charge >= 0.3 is 0 Å². The number of nitrogens with one attached hydrogen (secondary N) is 1. The van der Waals surface area contributed by atoms with Crippen LogP contribution in [0.1, 0.15) is 55.4 Å². The molecule has 2 aromatic heterocycles. The van der Waals surface area contributed by atoms with E-state index in [1.54, 1.807) is 23.2 Å². The Balaban J connectivity index is 1.47. The molecule has 8 nitrogen and oxygen atoms in total. The number of nitrogens with zero attached hydrogens (tertiary/aromatic N) is 4. The quantitative estimate of drug-likeness (QED) is 0.644. The number of aromatic nitrogens is 3. The Kier molecular flexibility index (Phi) is 6.77. The molecule has 1 fully saturated rings. The van der Waals surface area contributed by atoms with Crippen molar-refractivity contribution in [2.45, 2.75) is 40.0 Å². The highest BCUT2D eigenvalue weighted by atomic mass is 16.2. The van der Waals surface area contributed by atoms with E-state index >= 15 is 0 Å². The van der Waals surface area contributed by atoms with Gasteiger partial charge in [-0.3, -0.25) is 19.4 Å². The van der Waals surface area contributed by atoms with Gasteiger partial charge in [-0.25, -0.2) is 5.10 Å². The molecular formula is C26H31N5O3. The molecule has 1 aliphatic rings. The van der Waals surface area contributed by atoms with Crippen LogP contribution < -0.4 is 5.56 Å². The molecule has 0 atom stereocenters. The lowest BCUT2D eigenvalue weighted by Crippen LogP contribution is -2.38. The summed E-state index contributed by atoms with van der Waals surface area (Å²) in [5.74, 6) is 0.00815. The summed E-state index contributed by atoms with van der Waals surface area (Å²) in [7, 11) is 0. The lowest BCUT2D eigenvalue weighted by molar-refractivity contribution is -0.132. The zero-order valence-electron chi connectivity index (χ0n) is 20.0. The first-order chi connectivity index (χ1) is 16.2. The van der Waals surface area contributed by atoms with E-state index in [9.17, 15) is 14.4 Å². The number of rotatable bonds is 4. The lowest BCUT2D eigenvalue weighted by atomic mass is 9.91. The van der Waals surface area contributed by atoms with E-state index < -0.39 is 0 Å². The number of pyridine rings is 1. The third-order valence-electron chi connectivity index (χ3n) is 6.01. The van der Waals surface area contributed by atoms with Crippen molar-refractivity contribution in [1.29, 1.82) is 0 Å². The number of hydrogen-bond donors (Lipinski definition) is 1. The molecule has 2 amide bonds. The average Bonchev–Trinajstić information content (AvgIpc) is 3.06. The summed E-state index contributed by atoms with van der Waals surface area (Å²) in [4.78, 5) is 45.9. The Labute approximate surface area is 199 Å². The van der Waals surface area contributed by atoms with Crippen LogP contribution in [0, 0.1) is 5.41 Å². The molecule has 0 saturated carbocycles. The molecule has 3 heterocycles. The molecule has 1 aromatic carbocycles. The van der Waals surface area contributed by atoms with E-state index in [0.717, 1.165) is 23.1 Å². The topological polar surface area (TPSA) is 99.3 Å². The van der Waals surface area contributed by atoms with Crippen LogP contribution in [0.3, 0.4) is 0 Å². The summed E-state index contributed by atoms with van der Waals surface area (Å²) in [6, 6.07) is 11.0. The van der Waals surface area contributed by atoms with E-state index in [4.69, 9.17) is 0 Å². The summed E-state index contributed by atoms with van der Waals surface area (Å²) in [6.07, 6.45) is 3.34. The smallest absolute Gasteiger partial charge is 0.272 e. The fourth-order valence-electron chi connectivity index (χ4n) is 4.30. The second-order valence-corrected chi connectivity index (χ2v) is 10.0. The number of carbonyl (C=O) groups is 2. The summed E-state index contributed by atoms with van der Waals surface area (Å²) in [5, 5.41) is 8.18. The molecule has 8 heteroatoms. The third-order valence-corrected chi connectivity index (χ3v) is 6.01. The number of H-pyrrole nitrogens is 1. The van der Waals surface area contributed by atoms with Gasteiger partial charge in [-0.2, -0.15) is 5.10 Å². The van der Waals surface area contributed by atoms with Crippen molar-refractivity contribution >= 4 is 22.6 Å². The largest absolute Gasteiger partial charge is 0.341 e. The molecule has 0 unspecified atom stereocenters. The van der Waals surface area contributed by atoms with Gasteiger partial charge in [-0.05, 0) is 35.6 Å². The van der Waals surface area contributed by atoms with E-state index in [1.807, 2.05) is 29.2 Å². The van der Waals surface area contributed by atoms with Crippen LogP contribution in [-0.2, 0) is 11.2 Å². The zero-order valence-corrected chi connectivity index (χ0v) is 20.0. The van der Waals surface area contributed by atoms with E-state index in [0.29, 0.717) is 50.1 Å². The fourth-order valence-corrected chi connectivity index (χ4v) is 4.30. The maximum Gasteiger partial charge on any atom is 0.272 e. The summed E-state index contributed by atoms with van der Waals surface area (Å²) in [5.41, 5.74) is 1.72. The highest BCUT2D eigenvalue weighted by Gasteiger charge is 2.26. The monoisotopic (exact) mass is 461 g/mol. The summed E-state index contributed by atoms with van der Waals surface area (Å²) >= 11 is 0. The highest BCUT2D eigenvalue weighted by molar-refractivity contribution is 5.92. The molecule has 1 N–H and O–H groups in total. The normalized spacial score (nSPS) is 14.8. The van der Waals surface area contributed by atoms with Gasteiger partial charge in [0, 0.05) is 50.6 Å². The van der Waals surface area contributed by atoms with Crippen molar-refractivity contribution in [3.8, 4) is 0 Å². The number of aromatic amines is 1. The minimum atomic E-state index is -0.221. The first-order valence-electron chi connectivity index (χ1n) is 11.7. The van der Waals surface area contributed by atoms with Gasteiger partial charge < -0.3 is 9.80 Å². The molecule has 1 saturated heterocycles. The number of amides is 2. The van der Waals surface area contributed by atoms with Gasteiger partial charge in [0.15, 0.2) is 0 Å². The standard InChI is InChI=1S/C26H31N5O3/c1-26(2,3)17-23(32)30-11-6-12-31(14-13-30)25(34)22-16-18(9-10-27-22)15-21-19-7-4-5-8-20(19)24(33)29-28-21/h4-5,7-10,16H,6,11-15,17H2,1-3H3,(H,29,33). The van der Waals surface area contributed by atoms with Crippen LogP contribution >= 0.6 is 0 Å². The van der Waals surface area contributed by atoms with Gasteiger partial charge in [0.05, 0.1) is 11.1 Å². The molecule has 0 spiro atoms. The van der Waals surface area contributed by atoms with Crippen molar-refractivity contribution in [2.24, 2.45) is 5.41 Å². The van der Waals surface area contributed by atoms with Crippen LogP contribution in [0.15, 0.2) is 47.4 Å². The highest BCUT2D eigenvalue weighted by Crippen LogP contribution is 2.21. The molecule has 0 radical (unpaired) electrons. The molecular weight excluding hydrogens is 430 g/mol. The molecule has 34 heavy (non-hydrogen) atoms. The number of fused-ring (bicyclic) bond motifs is 1. The fraction of sp³-hybridized carbons (Fsp3) is 0.423. The van der Waals surface area contributed by atoms with Gasteiger partial charge in [0.25, 0.3) is 11.5 Å². The predicted molar refractivity (Wildman–Crippen MR) is 131 cm³/mol. The number of hydrogen-bond acceptors (Lipinski definition) is 5. The molecule has 1 aliphatic heterocycles. The third kappa shape index (κ3) is 5.50. The second kappa shape index (κ2) is 9.75. The van der Waals surface area contributed by atoms with E-state index in [1.165, 1.54) is 0 Å². The first-order valence-corrected chi connectivity index (χ1v) is 11.7. The minimum Gasteiger partial charge on any atom is -0.341 e.